The van der Waals surface area contributed by atoms with Crippen molar-refractivity contribution in [1.29, 1.82) is 0 Å². The molecule has 1 fully saturated rings. The molecule has 1 aliphatic heterocycles. The molecular formula is C19H19F3N3O3S-. The smallest absolute Gasteiger partial charge is 0.253 e. The van der Waals surface area contributed by atoms with Gasteiger partial charge in [0.2, 0.25) is 0 Å². The lowest BCUT2D eigenvalue weighted by Crippen LogP contribution is -2.49. The van der Waals surface area contributed by atoms with Crippen LogP contribution in [0, 0.1) is 17.5 Å². The van der Waals surface area contributed by atoms with E-state index >= 15 is 0 Å². The van der Waals surface area contributed by atoms with Gasteiger partial charge < -0.3 is 14.2 Å². The van der Waals surface area contributed by atoms with Crippen LogP contribution < -0.4 is 4.72 Å². The van der Waals surface area contributed by atoms with Crippen LogP contribution in [0.25, 0.3) is 0 Å². The predicted octanol–water partition coefficient (Wildman–Crippen LogP) is 2.83. The Morgan fingerprint density at radius 1 is 1.10 bits per heavy atom. The normalized spacial score (nSPS) is 17.1. The third kappa shape index (κ3) is 4.95. The monoisotopic (exact) mass is 426 g/mol. The molecule has 0 spiro atoms. The first-order valence-corrected chi connectivity index (χ1v) is 9.97. The number of carbonyl (C=O) groups is 1. The minimum absolute atomic E-state index is 0.0545. The van der Waals surface area contributed by atoms with Gasteiger partial charge in [-0.05, 0) is 37.3 Å². The third-order valence-corrected chi connectivity index (χ3v) is 5.36. The highest BCUT2D eigenvalue weighted by Gasteiger charge is 2.27. The summed E-state index contributed by atoms with van der Waals surface area (Å²) in [5.74, 6) is -3.34. The first kappa shape index (κ1) is 21.3. The van der Waals surface area contributed by atoms with Crippen molar-refractivity contribution in [3.63, 3.8) is 0 Å². The van der Waals surface area contributed by atoms with Crippen molar-refractivity contribution in [2.75, 3.05) is 30.9 Å². The van der Waals surface area contributed by atoms with Crippen LogP contribution in [-0.4, -0.2) is 50.6 Å². The Kier molecular flexibility index (Phi) is 6.56. The molecule has 1 heterocycles. The SMILES string of the molecule is CC(c1cc(F)cc(F)c1F)N1CCN(C(=O)c2ccc(NS(=O)[O-])cc2)CC1. The van der Waals surface area contributed by atoms with Gasteiger partial charge in [0.15, 0.2) is 11.6 Å². The largest absolute Gasteiger partial charge is 0.755 e. The topological polar surface area (TPSA) is 75.7 Å². The van der Waals surface area contributed by atoms with Crippen LogP contribution in [-0.2, 0) is 11.3 Å². The molecule has 2 aromatic carbocycles. The molecule has 0 aliphatic carbocycles. The second-order valence-electron chi connectivity index (χ2n) is 6.71. The Morgan fingerprint density at radius 2 is 1.72 bits per heavy atom. The highest BCUT2D eigenvalue weighted by molar-refractivity contribution is 7.80. The molecule has 2 atom stereocenters. The van der Waals surface area contributed by atoms with Crippen molar-refractivity contribution < 1.29 is 26.7 Å². The highest BCUT2D eigenvalue weighted by Crippen LogP contribution is 2.27. The quantitative estimate of drug-likeness (QED) is 0.589. The van der Waals surface area contributed by atoms with Gasteiger partial charge >= 0.3 is 0 Å². The van der Waals surface area contributed by atoms with E-state index in [-0.39, 0.29) is 11.5 Å². The standard InChI is InChI=1S/C19H20F3N3O3S/c1-12(16-10-14(20)11-17(21)18(16)22)24-6-8-25(9-7-24)19(26)13-2-4-15(5-3-13)23-29(27)28/h2-5,10-12,23H,6-9H2,1H3,(H,27,28)/p-1. The lowest BCUT2D eigenvalue weighted by molar-refractivity contribution is 0.0578. The third-order valence-electron chi connectivity index (χ3n) is 4.95. The van der Waals surface area contributed by atoms with Crippen LogP contribution in [0.2, 0.25) is 0 Å². The molecule has 2 aromatic rings. The van der Waals surface area contributed by atoms with E-state index in [9.17, 15) is 26.7 Å². The summed E-state index contributed by atoms with van der Waals surface area (Å²) < 4.78 is 64.5. The summed E-state index contributed by atoms with van der Waals surface area (Å²) in [6, 6.07) is 6.99. The maximum absolute atomic E-state index is 14.0. The van der Waals surface area contributed by atoms with E-state index in [1.165, 1.54) is 24.3 Å². The van der Waals surface area contributed by atoms with Crippen molar-refractivity contribution in [2.45, 2.75) is 13.0 Å². The van der Waals surface area contributed by atoms with Gasteiger partial charge in [-0.3, -0.25) is 13.9 Å². The fraction of sp³-hybridized carbons (Fsp3) is 0.316. The molecule has 10 heteroatoms. The van der Waals surface area contributed by atoms with E-state index in [2.05, 4.69) is 4.72 Å². The van der Waals surface area contributed by atoms with Gasteiger partial charge in [0, 0.05) is 66.4 Å². The van der Waals surface area contributed by atoms with Crippen LogP contribution in [0.1, 0.15) is 28.9 Å². The second kappa shape index (κ2) is 8.93. The Hall–Kier alpha value is -2.43. The predicted molar refractivity (Wildman–Crippen MR) is 101 cm³/mol. The molecular weight excluding hydrogens is 407 g/mol. The Bertz CT molecular complexity index is 919. The molecule has 1 saturated heterocycles. The van der Waals surface area contributed by atoms with E-state index in [1.54, 1.807) is 11.8 Å². The first-order chi connectivity index (χ1) is 13.8. The molecule has 0 saturated carbocycles. The van der Waals surface area contributed by atoms with E-state index in [1.807, 2.05) is 4.90 Å². The number of hydrogen-bond donors (Lipinski definition) is 1. The molecule has 1 N–H and O–H groups in total. The van der Waals surface area contributed by atoms with Crippen molar-refractivity contribution in [3.8, 4) is 0 Å². The minimum atomic E-state index is -2.44. The molecule has 0 bridgehead atoms. The Labute approximate surface area is 168 Å². The summed E-state index contributed by atoms with van der Waals surface area (Å²) >= 11 is -2.44. The minimum Gasteiger partial charge on any atom is -0.755 e. The molecule has 0 aromatic heterocycles. The molecule has 3 rings (SSSR count). The van der Waals surface area contributed by atoms with E-state index in [0.29, 0.717) is 43.5 Å². The number of nitrogens with zero attached hydrogens (tertiary/aromatic N) is 2. The van der Waals surface area contributed by atoms with Gasteiger partial charge in [0.05, 0.1) is 0 Å². The van der Waals surface area contributed by atoms with Crippen LogP contribution in [0.15, 0.2) is 36.4 Å². The van der Waals surface area contributed by atoms with Gasteiger partial charge in [-0.2, -0.15) is 0 Å². The summed E-state index contributed by atoms with van der Waals surface area (Å²) in [5, 5.41) is 0. The fourth-order valence-electron chi connectivity index (χ4n) is 3.35. The van der Waals surface area contributed by atoms with Gasteiger partial charge in [-0.25, -0.2) is 13.2 Å². The van der Waals surface area contributed by atoms with Crippen LogP contribution >= 0.6 is 0 Å². The van der Waals surface area contributed by atoms with Crippen LogP contribution in [0.3, 0.4) is 0 Å². The zero-order chi connectivity index (χ0) is 21.1. The number of anilines is 1. The van der Waals surface area contributed by atoms with Crippen LogP contribution in [0.4, 0.5) is 18.9 Å². The van der Waals surface area contributed by atoms with Gasteiger partial charge in [0.1, 0.15) is 5.82 Å². The molecule has 2 unspecified atom stereocenters. The number of nitrogens with one attached hydrogen (secondary N) is 1. The van der Waals surface area contributed by atoms with E-state index in [0.717, 1.165) is 6.07 Å². The zero-order valence-corrected chi connectivity index (χ0v) is 16.3. The lowest BCUT2D eigenvalue weighted by atomic mass is 10.0. The molecule has 1 aliphatic rings. The molecule has 6 nitrogen and oxygen atoms in total. The van der Waals surface area contributed by atoms with E-state index < -0.39 is 34.8 Å². The van der Waals surface area contributed by atoms with Gasteiger partial charge in [-0.15, -0.1) is 0 Å². The zero-order valence-electron chi connectivity index (χ0n) is 15.5. The van der Waals surface area contributed by atoms with Crippen molar-refractivity contribution in [3.05, 3.63) is 65.0 Å². The Morgan fingerprint density at radius 3 is 2.31 bits per heavy atom. The maximum Gasteiger partial charge on any atom is 0.253 e. The highest BCUT2D eigenvalue weighted by atomic mass is 32.2. The molecule has 0 radical (unpaired) electrons. The second-order valence-corrected chi connectivity index (χ2v) is 7.38. The summed E-state index contributed by atoms with van der Waals surface area (Å²) in [6.07, 6.45) is 0. The average Bonchev–Trinajstić information content (AvgIpc) is 2.70. The first-order valence-electron chi connectivity index (χ1n) is 8.90. The van der Waals surface area contributed by atoms with Crippen molar-refractivity contribution in [2.24, 2.45) is 0 Å². The number of benzene rings is 2. The molecule has 156 valence electrons. The number of halogens is 3. The number of carbonyl (C=O) groups excluding carboxylic acids is 1. The van der Waals surface area contributed by atoms with E-state index in [4.69, 9.17) is 0 Å². The van der Waals surface area contributed by atoms with Crippen LogP contribution in [0.5, 0.6) is 0 Å². The number of piperazine rings is 1. The summed E-state index contributed by atoms with van der Waals surface area (Å²) in [7, 11) is 0. The summed E-state index contributed by atoms with van der Waals surface area (Å²) in [6.45, 7) is 3.24. The van der Waals surface area contributed by atoms with Gasteiger partial charge in [0.25, 0.3) is 5.91 Å². The number of rotatable bonds is 5. The molecule has 29 heavy (non-hydrogen) atoms. The lowest BCUT2D eigenvalue weighted by Gasteiger charge is -2.38. The number of amides is 1. The average molecular weight is 426 g/mol. The summed E-state index contributed by atoms with van der Waals surface area (Å²) in [5.41, 5.74) is 0.700. The fourth-order valence-corrected chi connectivity index (χ4v) is 3.68. The van der Waals surface area contributed by atoms with Gasteiger partial charge in [-0.1, -0.05) is 0 Å². The maximum atomic E-state index is 14.0. The number of hydrogen-bond acceptors (Lipinski definition) is 4. The molecule has 1 amide bonds. The Balaban J connectivity index is 1.63. The van der Waals surface area contributed by atoms with Crippen molar-refractivity contribution >= 4 is 22.9 Å². The summed E-state index contributed by atoms with van der Waals surface area (Å²) in [4.78, 5) is 16.1. The van der Waals surface area contributed by atoms with Crippen molar-refractivity contribution in [1.82, 2.24) is 9.80 Å².